The largest absolute Gasteiger partial charge is 0.0901 e. The maximum Gasteiger partial charge on any atom is 0 e. The van der Waals surface area contributed by atoms with Crippen molar-refractivity contribution in [2.75, 3.05) is 4.93 Å². The first-order valence-corrected chi connectivity index (χ1v) is 2.54. The smallest absolute Gasteiger partial charge is 0 e. The summed E-state index contributed by atoms with van der Waals surface area (Å²) in [5, 5.41) is 0. The summed E-state index contributed by atoms with van der Waals surface area (Å²) in [6, 6.07) is 0. The normalized spacial score (nSPS) is 1.50. The predicted molar refractivity (Wildman–Crippen MR) is 19.9 cm³/mol. The van der Waals surface area contributed by atoms with Gasteiger partial charge in [0.1, 0.15) is 0 Å². The minimum Gasteiger partial charge on any atom is -0.0901 e. The summed E-state index contributed by atoms with van der Waals surface area (Å²) in [7, 11) is 0. The first-order chi connectivity index (χ1) is 1.00. The topological polar surface area (TPSA) is 0 Å². The molecule has 0 rings (SSSR count). The fourth-order valence-electron chi connectivity index (χ4n) is 0. The minimum absolute atomic E-state index is 0. The SMILES string of the molecule is CI.[W].[W]. The van der Waals surface area contributed by atoms with Crippen molar-refractivity contribution in [2.24, 2.45) is 0 Å². The molecule has 0 aromatic carbocycles. The zero-order valence-corrected chi connectivity index (χ0v) is 10.2. The molecule has 0 N–H and O–H groups in total. The van der Waals surface area contributed by atoms with E-state index >= 15 is 0 Å². The van der Waals surface area contributed by atoms with Crippen molar-refractivity contribution in [2.45, 2.75) is 0 Å². The van der Waals surface area contributed by atoms with E-state index in [1.54, 1.807) is 0 Å². The molecule has 0 saturated heterocycles. The molecule has 0 aliphatic rings. The Labute approximate surface area is 68.8 Å². The molecule has 4 heavy (non-hydrogen) atoms. The van der Waals surface area contributed by atoms with E-state index < -0.39 is 0 Å². The third-order valence-corrected chi connectivity index (χ3v) is 0. The molecular formula is CH3IW2. The summed E-state index contributed by atoms with van der Waals surface area (Å²) >= 11 is 2.15. The van der Waals surface area contributed by atoms with Crippen molar-refractivity contribution in [3.63, 3.8) is 0 Å². The summed E-state index contributed by atoms with van der Waals surface area (Å²) in [6.45, 7) is 0. The second kappa shape index (κ2) is 19.4. The van der Waals surface area contributed by atoms with Crippen molar-refractivity contribution in [1.82, 2.24) is 0 Å². The van der Waals surface area contributed by atoms with Gasteiger partial charge < -0.3 is 0 Å². The molecule has 0 aliphatic carbocycles. The molecule has 0 saturated carbocycles. The van der Waals surface area contributed by atoms with Crippen LogP contribution in [0.1, 0.15) is 0 Å². The van der Waals surface area contributed by atoms with Gasteiger partial charge in [0.15, 0.2) is 0 Å². The van der Waals surface area contributed by atoms with Crippen LogP contribution in [0.25, 0.3) is 0 Å². The third-order valence-electron chi connectivity index (χ3n) is 0. The number of rotatable bonds is 0. The van der Waals surface area contributed by atoms with E-state index in [2.05, 4.69) is 22.6 Å². The van der Waals surface area contributed by atoms with Crippen LogP contribution in [0.5, 0.6) is 0 Å². The molecule has 0 bridgehead atoms. The summed E-state index contributed by atoms with van der Waals surface area (Å²) in [6.07, 6.45) is 0. The van der Waals surface area contributed by atoms with Crippen molar-refractivity contribution < 1.29 is 42.1 Å². The molecule has 0 aromatic heterocycles. The molecule has 0 amide bonds. The number of alkyl halides is 1. The first kappa shape index (κ1) is 16.5. The van der Waals surface area contributed by atoms with Crippen LogP contribution in [0.2, 0.25) is 0 Å². The Bertz CT molecular complexity index is 6.00. The van der Waals surface area contributed by atoms with Crippen molar-refractivity contribution in [3.05, 3.63) is 0 Å². The Morgan fingerprint density at radius 2 is 1.00 bits per heavy atom. The maximum atomic E-state index is 2.15. The van der Waals surface area contributed by atoms with Crippen LogP contribution >= 0.6 is 22.6 Å². The Balaban J connectivity index is -0.00000000500. The van der Waals surface area contributed by atoms with Gasteiger partial charge >= 0.3 is 0 Å². The van der Waals surface area contributed by atoms with Crippen LogP contribution in [0.15, 0.2) is 0 Å². The average Bonchev–Trinajstić information content (AvgIpc) is 1.00. The van der Waals surface area contributed by atoms with Gasteiger partial charge in [-0.25, -0.2) is 0 Å². The molecule has 26 valence electrons. The van der Waals surface area contributed by atoms with Crippen molar-refractivity contribution in [1.29, 1.82) is 0 Å². The Morgan fingerprint density at radius 3 is 1.00 bits per heavy atom. The predicted octanol–water partition coefficient (Wildman–Crippen LogP) is 1.05. The van der Waals surface area contributed by atoms with Gasteiger partial charge in [-0.2, -0.15) is 0 Å². The van der Waals surface area contributed by atoms with Crippen LogP contribution in [0, 0.1) is 0 Å². The minimum atomic E-state index is 0. The number of halogens is 1. The second-order valence-electron chi connectivity index (χ2n) is 0. The van der Waals surface area contributed by atoms with Gasteiger partial charge in [0.05, 0.1) is 0 Å². The van der Waals surface area contributed by atoms with Gasteiger partial charge in [0.25, 0.3) is 0 Å². The number of hydrogen-bond acceptors (Lipinski definition) is 0. The summed E-state index contributed by atoms with van der Waals surface area (Å²) in [5.41, 5.74) is 0. The average molecular weight is 510 g/mol. The van der Waals surface area contributed by atoms with Gasteiger partial charge in [0.2, 0.25) is 0 Å². The third kappa shape index (κ3) is 8.93. The molecule has 0 nitrogen and oxygen atoms in total. The Morgan fingerprint density at radius 1 is 1.00 bits per heavy atom. The van der Waals surface area contributed by atoms with Gasteiger partial charge in [-0.3, -0.25) is 0 Å². The standard InChI is InChI=1S/CH3I.2W/c1-2;;/h1H3;;. The Hall–Kier alpha value is 2.11. The fourth-order valence-corrected chi connectivity index (χ4v) is 0. The molecule has 0 aliphatic heterocycles. The van der Waals surface area contributed by atoms with Crippen LogP contribution < -0.4 is 0 Å². The molecule has 0 fully saturated rings. The van der Waals surface area contributed by atoms with Gasteiger partial charge in [-0.05, 0) is 4.93 Å². The van der Waals surface area contributed by atoms with Crippen molar-refractivity contribution >= 4 is 22.6 Å². The first-order valence-electron chi connectivity index (χ1n) is 0.378. The fraction of sp³-hybridized carbons (Fsp3) is 1.00. The summed E-state index contributed by atoms with van der Waals surface area (Å²) < 4.78 is 0. The Kier molecular flexibility index (Phi) is 80.1. The van der Waals surface area contributed by atoms with E-state index in [0.29, 0.717) is 0 Å². The van der Waals surface area contributed by atoms with E-state index in [9.17, 15) is 0 Å². The molecule has 0 spiro atoms. The van der Waals surface area contributed by atoms with Gasteiger partial charge in [0, 0.05) is 42.1 Å². The molecule has 0 atom stereocenters. The molecule has 0 unspecified atom stereocenters. The molecule has 0 radical (unpaired) electrons. The summed E-state index contributed by atoms with van der Waals surface area (Å²) in [4.78, 5) is 1.97. The van der Waals surface area contributed by atoms with Gasteiger partial charge in [-0.1, -0.05) is 22.6 Å². The molecule has 3 heteroatoms. The van der Waals surface area contributed by atoms with Crippen molar-refractivity contribution in [3.8, 4) is 0 Å². The van der Waals surface area contributed by atoms with E-state index in [1.165, 1.54) is 0 Å². The van der Waals surface area contributed by atoms with Crippen LogP contribution in [0.4, 0.5) is 0 Å². The zero-order valence-electron chi connectivity index (χ0n) is 2.19. The summed E-state index contributed by atoms with van der Waals surface area (Å²) in [5.74, 6) is 0. The quantitative estimate of drug-likeness (QED) is 0.338. The maximum absolute atomic E-state index is 2.15. The van der Waals surface area contributed by atoms with Crippen LogP contribution in [0.3, 0.4) is 0 Å². The van der Waals surface area contributed by atoms with E-state index in [1.807, 2.05) is 4.93 Å². The second-order valence-corrected chi connectivity index (χ2v) is 0. The van der Waals surface area contributed by atoms with E-state index in [0.717, 1.165) is 0 Å². The van der Waals surface area contributed by atoms with Gasteiger partial charge in [-0.15, -0.1) is 0 Å². The van der Waals surface area contributed by atoms with Crippen LogP contribution in [-0.2, 0) is 42.1 Å². The molecule has 0 aromatic rings. The van der Waals surface area contributed by atoms with Crippen LogP contribution in [-0.4, -0.2) is 4.93 Å². The molecular weight excluding hydrogens is 507 g/mol. The molecule has 0 heterocycles. The zero-order chi connectivity index (χ0) is 2.00. The van der Waals surface area contributed by atoms with E-state index in [-0.39, 0.29) is 42.1 Å². The van der Waals surface area contributed by atoms with E-state index in [4.69, 9.17) is 0 Å². The monoisotopic (exact) mass is 510 g/mol. The number of hydrogen-bond donors (Lipinski definition) is 0.